The maximum atomic E-state index is 13.0. The molecule has 0 saturated heterocycles. The van der Waals surface area contributed by atoms with Crippen molar-refractivity contribution >= 4 is 11.9 Å². The Hall–Kier alpha value is -3.61. The number of hydrogen-bond acceptors (Lipinski definition) is 5. The van der Waals surface area contributed by atoms with E-state index in [1.54, 1.807) is 30.3 Å². The van der Waals surface area contributed by atoms with Crippen LogP contribution in [-0.2, 0) is 11.3 Å². The Bertz CT molecular complexity index is 957. The van der Waals surface area contributed by atoms with Crippen LogP contribution in [0.3, 0.4) is 0 Å². The summed E-state index contributed by atoms with van der Waals surface area (Å²) in [5, 5.41) is 2.76. The highest BCUT2D eigenvalue weighted by atomic mass is 19.1. The fraction of sp³-hybridized carbons (Fsp3) is 0.100. The Balaban J connectivity index is 1.66. The first-order valence-electron chi connectivity index (χ1n) is 8.10. The lowest BCUT2D eigenvalue weighted by molar-refractivity contribution is 0.0600. The Kier molecular flexibility index (Phi) is 5.51. The molecule has 2 aromatic carbocycles. The van der Waals surface area contributed by atoms with E-state index in [2.05, 4.69) is 20.0 Å². The van der Waals surface area contributed by atoms with Crippen molar-refractivity contribution in [1.82, 2.24) is 15.3 Å². The molecule has 1 heterocycles. The lowest BCUT2D eigenvalue weighted by Crippen LogP contribution is -2.23. The highest BCUT2D eigenvalue weighted by Crippen LogP contribution is 2.17. The molecule has 136 valence electrons. The van der Waals surface area contributed by atoms with Gasteiger partial charge in [-0.25, -0.2) is 19.2 Å². The molecule has 1 N–H and O–H groups in total. The van der Waals surface area contributed by atoms with Crippen molar-refractivity contribution in [3.05, 3.63) is 83.6 Å². The molecule has 0 unspecified atom stereocenters. The molecule has 0 atom stereocenters. The molecule has 0 aliphatic carbocycles. The zero-order chi connectivity index (χ0) is 19.2. The molecule has 0 saturated carbocycles. The average Bonchev–Trinajstić information content (AvgIpc) is 2.72. The highest BCUT2D eigenvalue weighted by molar-refractivity contribution is 5.96. The quantitative estimate of drug-likeness (QED) is 0.703. The predicted molar refractivity (Wildman–Crippen MR) is 96.4 cm³/mol. The second-order valence-electron chi connectivity index (χ2n) is 5.65. The van der Waals surface area contributed by atoms with Gasteiger partial charge in [0.25, 0.3) is 5.91 Å². The Morgan fingerprint density at radius 3 is 2.33 bits per heavy atom. The van der Waals surface area contributed by atoms with Crippen molar-refractivity contribution in [2.75, 3.05) is 7.11 Å². The molecule has 0 aliphatic rings. The number of amides is 1. The third-order valence-corrected chi connectivity index (χ3v) is 3.86. The minimum Gasteiger partial charge on any atom is -0.465 e. The van der Waals surface area contributed by atoms with Crippen LogP contribution in [0.1, 0.15) is 26.4 Å². The second kappa shape index (κ2) is 8.18. The van der Waals surface area contributed by atoms with E-state index in [1.807, 2.05) is 0 Å². The lowest BCUT2D eigenvalue weighted by Gasteiger charge is -2.07. The van der Waals surface area contributed by atoms with Crippen LogP contribution in [0.15, 0.2) is 60.9 Å². The summed E-state index contributed by atoms with van der Waals surface area (Å²) in [6.07, 6.45) is 1.39. The molecule has 3 rings (SSSR count). The van der Waals surface area contributed by atoms with Crippen molar-refractivity contribution in [2.45, 2.75) is 6.54 Å². The summed E-state index contributed by atoms with van der Waals surface area (Å²) in [4.78, 5) is 32.0. The molecule has 0 spiro atoms. The second-order valence-corrected chi connectivity index (χ2v) is 5.65. The van der Waals surface area contributed by atoms with Crippen LogP contribution in [-0.4, -0.2) is 29.0 Å². The minimum atomic E-state index is -0.462. The normalized spacial score (nSPS) is 10.3. The predicted octanol–water partition coefficient (Wildman–Crippen LogP) is 3.00. The standard InChI is InChI=1S/C20H16FN3O3/c1-27-20(26)15-4-2-14(3-5-15)19(25)22-11-17-10-18(24-12-23-17)13-6-8-16(21)9-7-13/h2-10,12H,11H2,1H3,(H,22,25). The molecular weight excluding hydrogens is 349 g/mol. The molecule has 0 fully saturated rings. The van der Waals surface area contributed by atoms with Crippen LogP contribution >= 0.6 is 0 Å². The maximum absolute atomic E-state index is 13.0. The Morgan fingerprint density at radius 1 is 1.00 bits per heavy atom. The number of aromatic nitrogens is 2. The van der Waals surface area contributed by atoms with Gasteiger partial charge in [0.1, 0.15) is 12.1 Å². The molecule has 1 amide bonds. The molecular formula is C20H16FN3O3. The summed E-state index contributed by atoms with van der Waals surface area (Å²) in [5.41, 5.74) is 2.79. The van der Waals surface area contributed by atoms with E-state index in [0.29, 0.717) is 22.5 Å². The van der Waals surface area contributed by atoms with Crippen LogP contribution < -0.4 is 5.32 Å². The van der Waals surface area contributed by atoms with E-state index < -0.39 is 5.97 Å². The largest absolute Gasteiger partial charge is 0.465 e. The smallest absolute Gasteiger partial charge is 0.337 e. The first kappa shape index (κ1) is 18.2. The topological polar surface area (TPSA) is 81.2 Å². The van der Waals surface area contributed by atoms with Crippen molar-refractivity contribution in [1.29, 1.82) is 0 Å². The number of halogens is 1. The van der Waals surface area contributed by atoms with E-state index >= 15 is 0 Å². The van der Waals surface area contributed by atoms with Gasteiger partial charge < -0.3 is 10.1 Å². The number of ether oxygens (including phenoxy) is 1. The van der Waals surface area contributed by atoms with Crippen molar-refractivity contribution < 1.29 is 18.7 Å². The summed E-state index contributed by atoms with van der Waals surface area (Å²) in [7, 11) is 1.30. The highest BCUT2D eigenvalue weighted by Gasteiger charge is 2.09. The van der Waals surface area contributed by atoms with Gasteiger partial charge in [-0.15, -0.1) is 0 Å². The Morgan fingerprint density at radius 2 is 1.67 bits per heavy atom. The first-order chi connectivity index (χ1) is 13.1. The molecule has 1 aromatic heterocycles. The summed E-state index contributed by atoms with van der Waals surface area (Å²) < 4.78 is 17.7. The van der Waals surface area contributed by atoms with Crippen molar-refractivity contribution in [2.24, 2.45) is 0 Å². The van der Waals surface area contributed by atoms with Crippen LogP contribution in [0.4, 0.5) is 4.39 Å². The molecule has 27 heavy (non-hydrogen) atoms. The van der Waals surface area contributed by atoms with Crippen molar-refractivity contribution in [3.8, 4) is 11.3 Å². The number of esters is 1. The summed E-state index contributed by atoms with van der Waals surface area (Å²) in [5.74, 6) is -1.08. The van der Waals surface area contributed by atoms with E-state index in [-0.39, 0.29) is 18.3 Å². The molecule has 3 aromatic rings. The van der Waals surface area contributed by atoms with Gasteiger partial charge >= 0.3 is 5.97 Å². The fourth-order valence-corrected chi connectivity index (χ4v) is 2.42. The summed E-state index contributed by atoms with van der Waals surface area (Å²) in [6.45, 7) is 0.203. The summed E-state index contributed by atoms with van der Waals surface area (Å²) >= 11 is 0. The van der Waals surface area contributed by atoms with E-state index in [1.165, 1.54) is 37.7 Å². The maximum Gasteiger partial charge on any atom is 0.337 e. The van der Waals surface area contributed by atoms with Gasteiger partial charge in [0, 0.05) is 11.1 Å². The van der Waals surface area contributed by atoms with E-state index in [9.17, 15) is 14.0 Å². The van der Waals surface area contributed by atoms with Gasteiger partial charge in [-0.2, -0.15) is 0 Å². The van der Waals surface area contributed by atoms with Crippen LogP contribution in [0.2, 0.25) is 0 Å². The summed E-state index contributed by atoms with van der Waals surface area (Å²) in [6, 6.07) is 13.8. The number of carbonyl (C=O) groups is 2. The Labute approximate surface area is 155 Å². The number of rotatable bonds is 5. The molecule has 7 heteroatoms. The van der Waals surface area contributed by atoms with Crippen LogP contribution in [0.5, 0.6) is 0 Å². The number of carbonyl (C=O) groups excluding carboxylic acids is 2. The van der Waals surface area contributed by atoms with Gasteiger partial charge in [-0.3, -0.25) is 4.79 Å². The zero-order valence-corrected chi connectivity index (χ0v) is 14.5. The number of nitrogens with one attached hydrogen (secondary N) is 1. The van der Waals surface area contributed by atoms with Gasteiger partial charge in [0.15, 0.2) is 0 Å². The number of benzene rings is 2. The molecule has 6 nitrogen and oxygen atoms in total. The first-order valence-corrected chi connectivity index (χ1v) is 8.10. The zero-order valence-electron chi connectivity index (χ0n) is 14.5. The van der Waals surface area contributed by atoms with E-state index in [4.69, 9.17) is 0 Å². The number of nitrogens with zero attached hydrogens (tertiary/aromatic N) is 2. The monoisotopic (exact) mass is 365 g/mol. The third-order valence-electron chi connectivity index (χ3n) is 3.86. The molecule has 0 radical (unpaired) electrons. The van der Waals surface area contributed by atoms with Gasteiger partial charge in [0.05, 0.1) is 30.6 Å². The van der Waals surface area contributed by atoms with Crippen LogP contribution in [0, 0.1) is 5.82 Å². The average molecular weight is 365 g/mol. The lowest BCUT2D eigenvalue weighted by atomic mass is 10.1. The third kappa shape index (κ3) is 4.52. The van der Waals surface area contributed by atoms with E-state index in [0.717, 1.165) is 5.56 Å². The minimum absolute atomic E-state index is 0.203. The number of methoxy groups -OCH3 is 1. The van der Waals surface area contributed by atoms with Gasteiger partial charge in [0.2, 0.25) is 0 Å². The molecule has 0 bridgehead atoms. The fourth-order valence-electron chi connectivity index (χ4n) is 2.42. The molecule has 0 aliphatic heterocycles. The van der Waals surface area contributed by atoms with Gasteiger partial charge in [-0.05, 0) is 54.6 Å². The van der Waals surface area contributed by atoms with Crippen LogP contribution in [0.25, 0.3) is 11.3 Å². The van der Waals surface area contributed by atoms with Gasteiger partial charge in [-0.1, -0.05) is 0 Å². The number of hydrogen-bond donors (Lipinski definition) is 1. The SMILES string of the molecule is COC(=O)c1ccc(C(=O)NCc2cc(-c3ccc(F)cc3)ncn2)cc1. The van der Waals surface area contributed by atoms with Crippen molar-refractivity contribution in [3.63, 3.8) is 0 Å².